The molecule has 0 saturated carbocycles. The summed E-state index contributed by atoms with van der Waals surface area (Å²) < 4.78 is 5.88. The molecule has 116 valence electrons. The predicted molar refractivity (Wildman–Crippen MR) is 90.1 cm³/mol. The summed E-state index contributed by atoms with van der Waals surface area (Å²) in [6.07, 6.45) is 2.77. The number of aromatic nitrogens is 2. The molecule has 1 saturated heterocycles. The normalized spacial score (nSPS) is 17.5. The van der Waals surface area contributed by atoms with Crippen molar-refractivity contribution in [3.8, 4) is 5.88 Å². The smallest absolute Gasteiger partial charge is 0.262 e. The van der Waals surface area contributed by atoms with Crippen LogP contribution in [0.1, 0.15) is 27.3 Å². The lowest BCUT2D eigenvalue weighted by atomic mass is 10.2. The highest BCUT2D eigenvalue weighted by atomic mass is 32.2. The minimum absolute atomic E-state index is 0.135. The maximum absolute atomic E-state index is 12.5. The summed E-state index contributed by atoms with van der Waals surface area (Å²) in [7, 11) is 0. The fourth-order valence-electron chi connectivity index (χ4n) is 2.11. The Morgan fingerprint density at radius 1 is 1.45 bits per heavy atom. The van der Waals surface area contributed by atoms with E-state index in [-0.39, 0.29) is 12.0 Å². The first-order valence-electron chi connectivity index (χ1n) is 7.08. The van der Waals surface area contributed by atoms with Crippen LogP contribution in [0.5, 0.6) is 5.88 Å². The van der Waals surface area contributed by atoms with Crippen LogP contribution >= 0.6 is 23.1 Å². The molecule has 1 aliphatic rings. The third-order valence-electron chi connectivity index (χ3n) is 3.43. The van der Waals surface area contributed by atoms with E-state index in [9.17, 15) is 4.79 Å². The lowest BCUT2D eigenvalue weighted by molar-refractivity contribution is 0.101. The molecule has 0 bridgehead atoms. The van der Waals surface area contributed by atoms with Gasteiger partial charge in [-0.05, 0) is 38.2 Å². The van der Waals surface area contributed by atoms with Gasteiger partial charge in [0, 0.05) is 16.8 Å². The summed E-state index contributed by atoms with van der Waals surface area (Å²) in [5.41, 5.74) is 1.39. The van der Waals surface area contributed by atoms with E-state index in [2.05, 4.69) is 15.3 Å². The summed E-state index contributed by atoms with van der Waals surface area (Å²) in [5.74, 6) is 2.21. The second-order valence-electron chi connectivity index (χ2n) is 5.07. The largest absolute Gasteiger partial charge is 0.473 e. The number of ether oxygens (including phenoxy) is 1. The summed E-state index contributed by atoms with van der Waals surface area (Å²) in [6, 6.07) is 3.47. The maximum atomic E-state index is 12.5. The number of thiazole rings is 1. The van der Waals surface area contributed by atoms with Gasteiger partial charge in [0.25, 0.3) is 5.91 Å². The first-order chi connectivity index (χ1) is 10.6. The third kappa shape index (κ3) is 3.41. The van der Waals surface area contributed by atoms with Gasteiger partial charge in [-0.25, -0.2) is 9.97 Å². The molecule has 3 rings (SSSR count). The standard InChI is InChI=1S/C15H17N3O2S2/c1-9-10(2)22-15(17-9)18-13(19)12-4-3-6-16-14(12)20-11-5-7-21-8-11/h3-4,6,11H,5,7-8H2,1-2H3,(H,17,18,19)/t11-/m0/s1. The lowest BCUT2D eigenvalue weighted by Crippen LogP contribution is -2.20. The molecule has 1 amide bonds. The van der Waals surface area contributed by atoms with Crippen molar-refractivity contribution < 1.29 is 9.53 Å². The van der Waals surface area contributed by atoms with Crippen LogP contribution < -0.4 is 10.1 Å². The molecule has 1 N–H and O–H groups in total. The molecule has 1 fully saturated rings. The van der Waals surface area contributed by atoms with Gasteiger partial charge in [-0.2, -0.15) is 11.8 Å². The number of pyridine rings is 1. The van der Waals surface area contributed by atoms with Gasteiger partial charge in [0.05, 0.1) is 5.69 Å². The topological polar surface area (TPSA) is 64.1 Å². The first-order valence-corrected chi connectivity index (χ1v) is 9.05. The molecule has 0 unspecified atom stereocenters. The molecule has 2 aromatic heterocycles. The molecule has 0 spiro atoms. The summed E-state index contributed by atoms with van der Waals surface area (Å²) in [4.78, 5) is 22.1. The van der Waals surface area contributed by atoms with Gasteiger partial charge in [-0.15, -0.1) is 11.3 Å². The predicted octanol–water partition coefficient (Wildman–Crippen LogP) is 3.29. The zero-order valence-corrected chi connectivity index (χ0v) is 14.1. The van der Waals surface area contributed by atoms with Gasteiger partial charge in [0.15, 0.2) is 5.13 Å². The van der Waals surface area contributed by atoms with Crippen LogP contribution in [0.2, 0.25) is 0 Å². The number of thioether (sulfide) groups is 1. The number of aryl methyl sites for hydroxylation is 2. The molecule has 22 heavy (non-hydrogen) atoms. The van der Waals surface area contributed by atoms with E-state index >= 15 is 0 Å². The average molecular weight is 335 g/mol. The molecule has 0 aliphatic carbocycles. The molecule has 1 atom stereocenters. The molecule has 2 aromatic rings. The van der Waals surface area contributed by atoms with Crippen LogP contribution in [0.25, 0.3) is 0 Å². The number of nitrogens with zero attached hydrogens (tertiary/aromatic N) is 2. The second-order valence-corrected chi connectivity index (χ2v) is 7.43. The van der Waals surface area contributed by atoms with Gasteiger partial charge in [-0.3, -0.25) is 10.1 Å². The van der Waals surface area contributed by atoms with Gasteiger partial charge in [0.2, 0.25) is 5.88 Å². The fourth-order valence-corrected chi connectivity index (χ4v) is 4.02. The van der Waals surface area contributed by atoms with Crippen LogP contribution in [0.3, 0.4) is 0 Å². The van der Waals surface area contributed by atoms with E-state index < -0.39 is 0 Å². The van der Waals surface area contributed by atoms with E-state index in [0.29, 0.717) is 16.6 Å². The highest BCUT2D eigenvalue weighted by Crippen LogP contribution is 2.26. The number of rotatable bonds is 4. The van der Waals surface area contributed by atoms with Crippen molar-refractivity contribution in [1.29, 1.82) is 0 Å². The molecular weight excluding hydrogens is 318 g/mol. The monoisotopic (exact) mass is 335 g/mol. The molecule has 5 nitrogen and oxygen atoms in total. The van der Waals surface area contributed by atoms with Crippen molar-refractivity contribution in [1.82, 2.24) is 9.97 Å². The van der Waals surface area contributed by atoms with E-state index in [1.165, 1.54) is 11.3 Å². The Morgan fingerprint density at radius 3 is 3.00 bits per heavy atom. The van der Waals surface area contributed by atoms with Crippen LogP contribution in [0.4, 0.5) is 5.13 Å². The Morgan fingerprint density at radius 2 is 2.32 bits per heavy atom. The van der Waals surface area contributed by atoms with Crippen molar-refractivity contribution in [3.63, 3.8) is 0 Å². The Balaban J connectivity index is 1.76. The van der Waals surface area contributed by atoms with Crippen LogP contribution in [-0.4, -0.2) is 33.5 Å². The zero-order chi connectivity index (χ0) is 15.5. The fraction of sp³-hybridized carbons (Fsp3) is 0.400. The highest BCUT2D eigenvalue weighted by molar-refractivity contribution is 7.99. The Bertz CT molecular complexity index is 662. The zero-order valence-electron chi connectivity index (χ0n) is 12.5. The minimum Gasteiger partial charge on any atom is -0.473 e. The van der Waals surface area contributed by atoms with Crippen molar-refractivity contribution >= 4 is 34.1 Å². The van der Waals surface area contributed by atoms with Crippen LogP contribution in [0.15, 0.2) is 18.3 Å². The lowest BCUT2D eigenvalue weighted by Gasteiger charge is -2.14. The molecular formula is C15H17N3O2S2. The first kappa shape index (κ1) is 15.3. The Kier molecular flexibility index (Phi) is 4.63. The number of hydrogen-bond donors (Lipinski definition) is 1. The average Bonchev–Trinajstić information content (AvgIpc) is 3.10. The third-order valence-corrected chi connectivity index (χ3v) is 5.55. The number of carbonyl (C=O) groups excluding carboxylic acids is 1. The van der Waals surface area contributed by atoms with Gasteiger partial charge >= 0.3 is 0 Å². The number of hydrogen-bond acceptors (Lipinski definition) is 6. The van der Waals surface area contributed by atoms with E-state index in [1.807, 2.05) is 25.6 Å². The molecule has 0 radical (unpaired) electrons. The van der Waals surface area contributed by atoms with Crippen LogP contribution in [-0.2, 0) is 0 Å². The van der Waals surface area contributed by atoms with E-state index in [1.54, 1.807) is 18.3 Å². The molecule has 3 heterocycles. The van der Waals surface area contributed by atoms with Crippen molar-refractivity contribution in [2.75, 3.05) is 16.8 Å². The highest BCUT2D eigenvalue weighted by Gasteiger charge is 2.21. The minimum atomic E-state index is -0.234. The van der Waals surface area contributed by atoms with Gasteiger partial charge < -0.3 is 4.74 Å². The SMILES string of the molecule is Cc1nc(NC(=O)c2cccnc2O[C@H]2CCSC2)sc1C. The molecule has 0 aromatic carbocycles. The molecule has 7 heteroatoms. The van der Waals surface area contributed by atoms with E-state index in [0.717, 1.165) is 28.5 Å². The van der Waals surface area contributed by atoms with Crippen molar-refractivity contribution in [2.45, 2.75) is 26.4 Å². The summed E-state index contributed by atoms with van der Waals surface area (Å²) in [5, 5.41) is 3.43. The summed E-state index contributed by atoms with van der Waals surface area (Å²) >= 11 is 3.33. The number of nitrogens with one attached hydrogen (secondary N) is 1. The molecule has 1 aliphatic heterocycles. The van der Waals surface area contributed by atoms with Crippen LogP contribution in [0, 0.1) is 13.8 Å². The van der Waals surface area contributed by atoms with Crippen molar-refractivity contribution in [3.05, 3.63) is 34.5 Å². The van der Waals surface area contributed by atoms with Gasteiger partial charge in [-0.1, -0.05) is 0 Å². The Hall–Kier alpha value is -1.60. The Labute approximate surface area is 137 Å². The number of anilines is 1. The quantitative estimate of drug-likeness (QED) is 0.929. The number of carbonyl (C=O) groups is 1. The summed E-state index contributed by atoms with van der Waals surface area (Å²) in [6.45, 7) is 3.91. The maximum Gasteiger partial charge on any atom is 0.262 e. The van der Waals surface area contributed by atoms with Crippen molar-refractivity contribution in [2.24, 2.45) is 0 Å². The van der Waals surface area contributed by atoms with E-state index in [4.69, 9.17) is 4.74 Å². The second kappa shape index (κ2) is 6.66. The number of amides is 1. The van der Waals surface area contributed by atoms with Gasteiger partial charge in [0.1, 0.15) is 11.7 Å².